The molecule has 0 unspecified atom stereocenters. The lowest BCUT2D eigenvalue weighted by Gasteiger charge is -2.31. The Morgan fingerprint density at radius 3 is 2.57 bits per heavy atom. The third-order valence-electron chi connectivity index (χ3n) is 4.20. The van der Waals surface area contributed by atoms with E-state index in [0.717, 1.165) is 13.1 Å². The van der Waals surface area contributed by atoms with Gasteiger partial charge in [0.2, 0.25) is 0 Å². The number of allylic oxidation sites excluding steroid dienone is 2. The smallest absolute Gasteiger partial charge is 0.169 e. The van der Waals surface area contributed by atoms with Crippen molar-refractivity contribution in [1.82, 2.24) is 0 Å². The van der Waals surface area contributed by atoms with Gasteiger partial charge in [0.25, 0.3) is 0 Å². The molecule has 23 heavy (non-hydrogen) atoms. The van der Waals surface area contributed by atoms with Gasteiger partial charge in [-0.15, -0.1) is 6.58 Å². The van der Waals surface area contributed by atoms with Gasteiger partial charge in [-0.3, -0.25) is 0 Å². The van der Waals surface area contributed by atoms with Crippen molar-refractivity contribution in [3.8, 4) is 0 Å². The molecule has 0 fully saturated rings. The summed E-state index contributed by atoms with van der Waals surface area (Å²) in [4.78, 5) is 2.32. The number of para-hydroxylation sites is 1. The molecule has 2 heterocycles. The molecule has 0 atom stereocenters. The van der Waals surface area contributed by atoms with Crippen molar-refractivity contribution in [2.75, 3.05) is 11.4 Å². The number of anilines is 1. The van der Waals surface area contributed by atoms with Crippen molar-refractivity contribution in [2.24, 2.45) is 0 Å². The highest BCUT2D eigenvalue weighted by Gasteiger charge is 2.19. The Morgan fingerprint density at radius 1 is 1.13 bits per heavy atom. The first-order chi connectivity index (χ1) is 11.2. The van der Waals surface area contributed by atoms with Crippen LogP contribution in [0.4, 0.5) is 5.69 Å². The van der Waals surface area contributed by atoms with E-state index in [1.54, 1.807) is 0 Å². The summed E-state index contributed by atoms with van der Waals surface area (Å²) >= 11 is 0. The normalized spacial score (nSPS) is 15.3. The van der Waals surface area contributed by atoms with Gasteiger partial charge in [0.1, 0.15) is 6.54 Å². The summed E-state index contributed by atoms with van der Waals surface area (Å²) in [6, 6.07) is 12.9. The summed E-state index contributed by atoms with van der Waals surface area (Å²) in [5.74, 6) is 0. The van der Waals surface area contributed by atoms with Gasteiger partial charge in [0.05, 0.1) is 0 Å². The van der Waals surface area contributed by atoms with Crippen LogP contribution < -0.4 is 9.47 Å². The Bertz CT molecular complexity index is 767. The minimum Gasteiger partial charge on any atom is -0.337 e. The standard InChI is InChI=1S/C21H23N2/c1-4-12-23-19(16-18-10-13-22(5-2)14-11-18)15-17(3)20-8-6-7-9-21(20)23/h4,6-11,13-16H,1,5,12H2,2-3H3/q+1. The maximum absolute atomic E-state index is 3.92. The second-order valence-corrected chi connectivity index (χ2v) is 5.77. The summed E-state index contributed by atoms with van der Waals surface area (Å²) in [6.45, 7) is 10.0. The Labute approximate surface area is 138 Å². The molecule has 2 heteroatoms. The van der Waals surface area contributed by atoms with Crippen LogP contribution in [0.2, 0.25) is 0 Å². The minimum absolute atomic E-state index is 0.800. The van der Waals surface area contributed by atoms with Crippen LogP contribution in [-0.2, 0) is 6.54 Å². The Balaban J connectivity index is 2.04. The molecule has 1 aromatic carbocycles. The summed E-state index contributed by atoms with van der Waals surface area (Å²) in [7, 11) is 0. The van der Waals surface area contributed by atoms with Crippen LogP contribution in [0.15, 0.2) is 73.2 Å². The fourth-order valence-electron chi connectivity index (χ4n) is 2.96. The molecule has 0 bridgehead atoms. The predicted octanol–water partition coefficient (Wildman–Crippen LogP) is 4.44. The van der Waals surface area contributed by atoms with Crippen LogP contribution in [0.25, 0.3) is 11.6 Å². The molecule has 0 saturated heterocycles. The van der Waals surface area contributed by atoms with Crippen molar-refractivity contribution in [2.45, 2.75) is 20.4 Å². The molecule has 0 saturated carbocycles. The number of hydrogen-bond acceptors (Lipinski definition) is 1. The quantitative estimate of drug-likeness (QED) is 0.598. The highest BCUT2D eigenvalue weighted by Crippen LogP contribution is 2.35. The fraction of sp³-hybridized carbons (Fsp3) is 0.190. The lowest BCUT2D eigenvalue weighted by Crippen LogP contribution is -2.30. The molecule has 0 spiro atoms. The second kappa shape index (κ2) is 6.66. The average molecular weight is 303 g/mol. The van der Waals surface area contributed by atoms with Gasteiger partial charge in [0.15, 0.2) is 12.4 Å². The molecule has 2 nitrogen and oxygen atoms in total. The number of pyridine rings is 1. The molecular formula is C21H23N2+. The van der Waals surface area contributed by atoms with Gasteiger partial charge in [-0.05, 0) is 43.2 Å². The summed E-state index contributed by atoms with van der Waals surface area (Å²) in [5.41, 5.74) is 6.26. The molecule has 116 valence electrons. The van der Waals surface area contributed by atoms with Crippen molar-refractivity contribution in [3.63, 3.8) is 0 Å². The molecule has 0 amide bonds. The van der Waals surface area contributed by atoms with Crippen LogP contribution >= 0.6 is 0 Å². The van der Waals surface area contributed by atoms with Gasteiger partial charge in [-0.2, -0.15) is 0 Å². The largest absolute Gasteiger partial charge is 0.337 e. The molecule has 0 radical (unpaired) electrons. The summed E-state index contributed by atoms with van der Waals surface area (Å²) in [5, 5.41) is 0. The van der Waals surface area contributed by atoms with E-state index in [-0.39, 0.29) is 0 Å². The number of aromatic nitrogens is 1. The first-order valence-electron chi connectivity index (χ1n) is 8.10. The fourth-order valence-corrected chi connectivity index (χ4v) is 2.96. The zero-order valence-electron chi connectivity index (χ0n) is 13.9. The molecule has 0 N–H and O–H groups in total. The van der Waals surface area contributed by atoms with Crippen molar-refractivity contribution in [1.29, 1.82) is 0 Å². The minimum atomic E-state index is 0.800. The molecule has 1 aromatic heterocycles. The van der Waals surface area contributed by atoms with Crippen LogP contribution in [0.5, 0.6) is 0 Å². The topological polar surface area (TPSA) is 7.12 Å². The predicted molar refractivity (Wildman–Crippen MR) is 97.9 cm³/mol. The summed E-state index contributed by atoms with van der Waals surface area (Å²) in [6.07, 6.45) is 10.7. The molecule has 1 aliphatic rings. The van der Waals surface area contributed by atoms with E-state index >= 15 is 0 Å². The Kier molecular flexibility index (Phi) is 4.42. The van der Waals surface area contributed by atoms with E-state index in [1.165, 1.54) is 28.1 Å². The number of rotatable bonds is 4. The SMILES string of the molecule is C=CCN1/C(=C/c2cc[n+](CC)cc2)C=C(C)c2ccccc21. The van der Waals surface area contributed by atoms with Crippen LogP contribution in [0.1, 0.15) is 25.0 Å². The molecule has 1 aliphatic heterocycles. The number of aryl methyl sites for hydroxylation is 1. The number of fused-ring (bicyclic) bond motifs is 1. The average Bonchev–Trinajstić information content (AvgIpc) is 2.59. The van der Waals surface area contributed by atoms with Gasteiger partial charge >= 0.3 is 0 Å². The van der Waals surface area contributed by atoms with E-state index in [4.69, 9.17) is 0 Å². The zero-order chi connectivity index (χ0) is 16.2. The maximum Gasteiger partial charge on any atom is 0.169 e. The number of hydrogen-bond donors (Lipinski definition) is 0. The monoisotopic (exact) mass is 303 g/mol. The van der Waals surface area contributed by atoms with E-state index in [0.29, 0.717) is 0 Å². The van der Waals surface area contributed by atoms with Crippen molar-refractivity contribution >= 4 is 17.3 Å². The van der Waals surface area contributed by atoms with E-state index in [9.17, 15) is 0 Å². The van der Waals surface area contributed by atoms with Crippen LogP contribution in [0, 0.1) is 0 Å². The Hall–Kier alpha value is -2.61. The van der Waals surface area contributed by atoms with E-state index in [1.807, 2.05) is 6.08 Å². The van der Waals surface area contributed by atoms with E-state index < -0.39 is 0 Å². The highest BCUT2D eigenvalue weighted by atomic mass is 15.1. The second-order valence-electron chi connectivity index (χ2n) is 5.77. The zero-order valence-corrected chi connectivity index (χ0v) is 13.9. The Morgan fingerprint density at radius 2 is 1.87 bits per heavy atom. The van der Waals surface area contributed by atoms with Crippen molar-refractivity contribution in [3.05, 3.63) is 84.3 Å². The number of nitrogens with zero attached hydrogens (tertiary/aromatic N) is 2. The first kappa shape index (κ1) is 15.3. The van der Waals surface area contributed by atoms with Gasteiger partial charge in [-0.1, -0.05) is 24.3 Å². The third kappa shape index (κ3) is 3.11. The van der Waals surface area contributed by atoms with Gasteiger partial charge in [0, 0.05) is 35.6 Å². The molecule has 0 aliphatic carbocycles. The molecule has 3 rings (SSSR count). The van der Waals surface area contributed by atoms with E-state index in [2.05, 4.69) is 90.8 Å². The number of benzene rings is 1. The van der Waals surface area contributed by atoms with Crippen molar-refractivity contribution < 1.29 is 4.57 Å². The van der Waals surface area contributed by atoms with Crippen LogP contribution in [-0.4, -0.2) is 6.54 Å². The summed E-state index contributed by atoms with van der Waals surface area (Å²) < 4.78 is 2.17. The third-order valence-corrected chi connectivity index (χ3v) is 4.20. The highest BCUT2D eigenvalue weighted by molar-refractivity contribution is 5.85. The lowest BCUT2D eigenvalue weighted by atomic mass is 9.98. The molecular weight excluding hydrogens is 280 g/mol. The van der Waals surface area contributed by atoms with Crippen LogP contribution in [0.3, 0.4) is 0 Å². The van der Waals surface area contributed by atoms with Gasteiger partial charge in [-0.25, -0.2) is 4.57 Å². The first-order valence-corrected chi connectivity index (χ1v) is 8.10. The molecule has 2 aromatic rings. The van der Waals surface area contributed by atoms with Gasteiger partial charge < -0.3 is 4.90 Å². The maximum atomic E-state index is 3.92. The lowest BCUT2D eigenvalue weighted by molar-refractivity contribution is -0.693.